The molecule has 0 fully saturated rings. The number of nitrogens with one attached hydrogen (secondary N) is 1. The minimum atomic E-state index is -1.23. The molecule has 1 aliphatic heterocycles. The lowest BCUT2D eigenvalue weighted by atomic mass is 10.0. The van der Waals surface area contributed by atoms with Gasteiger partial charge in [-0.05, 0) is 26.0 Å². The summed E-state index contributed by atoms with van der Waals surface area (Å²) in [4.78, 5) is 25.9. The Kier molecular flexibility index (Phi) is 2.23. The quantitative estimate of drug-likeness (QED) is 0.820. The normalized spacial score (nSPS) is 16.1. The van der Waals surface area contributed by atoms with E-state index in [1.54, 1.807) is 6.07 Å². The van der Waals surface area contributed by atoms with Crippen LogP contribution in [0.4, 0.5) is 0 Å². The van der Waals surface area contributed by atoms with Gasteiger partial charge in [0.15, 0.2) is 0 Å². The summed E-state index contributed by atoms with van der Waals surface area (Å²) in [7, 11) is 0. The molecule has 0 saturated heterocycles. The molecule has 0 spiro atoms. The lowest BCUT2D eigenvalue weighted by molar-refractivity contribution is 0.0695. The third kappa shape index (κ3) is 1.78. The summed E-state index contributed by atoms with van der Waals surface area (Å²) < 4.78 is 5.76. The van der Waals surface area contributed by atoms with Gasteiger partial charge in [-0.1, -0.05) is 0 Å². The van der Waals surface area contributed by atoms with E-state index >= 15 is 0 Å². The van der Waals surface area contributed by atoms with Gasteiger partial charge in [-0.3, -0.25) is 4.79 Å². The van der Waals surface area contributed by atoms with Gasteiger partial charge in [0.25, 0.3) is 0 Å². The number of rotatable bonds is 1. The fraction of sp³-hybridized carbons (Fsp3) is 0.286. The number of carboxylic acid groups (broad SMARTS) is 1. The molecule has 3 rings (SSSR count). The SMILES string of the molecule is CC1(C)Cc2cc3[nH]cc(C(=O)O)c(=O)c3cc2O1. The Balaban J connectivity index is 2.28. The Labute approximate surface area is 108 Å². The van der Waals surface area contributed by atoms with Crippen molar-refractivity contribution in [1.82, 2.24) is 4.98 Å². The number of aromatic nitrogens is 1. The van der Waals surface area contributed by atoms with Crippen molar-refractivity contribution in [2.45, 2.75) is 25.9 Å². The Morgan fingerprint density at radius 1 is 1.42 bits per heavy atom. The Morgan fingerprint density at radius 2 is 2.16 bits per heavy atom. The largest absolute Gasteiger partial charge is 0.487 e. The van der Waals surface area contributed by atoms with Crippen molar-refractivity contribution in [2.75, 3.05) is 0 Å². The van der Waals surface area contributed by atoms with E-state index in [2.05, 4.69) is 4.98 Å². The molecule has 0 amide bonds. The Bertz CT molecular complexity index is 758. The molecular weight excluding hydrogens is 246 g/mol. The van der Waals surface area contributed by atoms with Crippen molar-refractivity contribution >= 4 is 16.9 Å². The van der Waals surface area contributed by atoms with Crippen LogP contribution in [0.1, 0.15) is 29.8 Å². The number of ether oxygens (including phenoxy) is 1. The fourth-order valence-corrected chi connectivity index (χ4v) is 2.48. The van der Waals surface area contributed by atoms with Crippen LogP contribution in [0.25, 0.3) is 10.9 Å². The van der Waals surface area contributed by atoms with Gasteiger partial charge in [-0.15, -0.1) is 0 Å². The first-order valence-electron chi connectivity index (χ1n) is 5.98. The standard InChI is InChI=1S/C14H13NO4/c1-14(2)5-7-3-10-8(4-11(7)19-14)12(16)9(6-15-10)13(17)18/h3-4,6H,5H2,1-2H3,(H,15,16)(H,17,18). The summed E-state index contributed by atoms with van der Waals surface area (Å²) in [5.41, 5.74) is 0.617. The van der Waals surface area contributed by atoms with Crippen molar-refractivity contribution in [3.63, 3.8) is 0 Å². The highest BCUT2D eigenvalue weighted by Gasteiger charge is 2.30. The van der Waals surface area contributed by atoms with Crippen LogP contribution in [0.5, 0.6) is 5.75 Å². The Hall–Kier alpha value is -2.30. The zero-order valence-electron chi connectivity index (χ0n) is 10.6. The lowest BCUT2D eigenvalue weighted by Gasteiger charge is -2.16. The molecule has 5 heteroatoms. The molecule has 0 atom stereocenters. The van der Waals surface area contributed by atoms with E-state index in [1.165, 1.54) is 6.20 Å². The topological polar surface area (TPSA) is 79.4 Å². The van der Waals surface area contributed by atoms with Crippen LogP contribution in [0, 0.1) is 0 Å². The molecule has 5 nitrogen and oxygen atoms in total. The van der Waals surface area contributed by atoms with Gasteiger partial charge in [0.05, 0.1) is 5.39 Å². The van der Waals surface area contributed by atoms with E-state index in [1.807, 2.05) is 19.9 Å². The highest BCUT2D eigenvalue weighted by Crippen LogP contribution is 2.36. The summed E-state index contributed by atoms with van der Waals surface area (Å²) in [5.74, 6) is -0.574. The average Bonchev–Trinajstić information content (AvgIpc) is 2.59. The van der Waals surface area contributed by atoms with Crippen LogP contribution in [-0.2, 0) is 6.42 Å². The number of hydrogen-bond donors (Lipinski definition) is 2. The van der Waals surface area contributed by atoms with E-state index in [-0.39, 0.29) is 11.2 Å². The van der Waals surface area contributed by atoms with Crippen LogP contribution in [-0.4, -0.2) is 21.7 Å². The van der Waals surface area contributed by atoms with Gasteiger partial charge < -0.3 is 14.8 Å². The molecule has 1 aliphatic rings. The van der Waals surface area contributed by atoms with Crippen LogP contribution in [0.2, 0.25) is 0 Å². The average molecular weight is 259 g/mol. The van der Waals surface area contributed by atoms with E-state index in [0.29, 0.717) is 16.7 Å². The smallest absolute Gasteiger partial charge is 0.341 e. The molecule has 0 saturated carbocycles. The summed E-state index contributed by atoms with van der Waals surface area (Å²) in [5, 5.41) is 9.29. The van der Waals surface area contributed by atoms with Crippen LogP contribution in [0.15, 0.2) is 23.1 Å². The molecule has 19 heavy (non-hydrogen) atoms. The Morgan fingerprint density at radius 3 is 2.84 bits per heavy atom. The summed E-state index contributed by atoms with van der Waals surface area (Å²) in [6.45, 7) is 3.95. The first-order valence-corrected chi connectivity index (χ1v) is 5.98. The van der Waals surface area contributed by atoms with Gasteiger partial charge in [0.2, 0.25) is 5.43 Å². The molecular formula is C14H13NO4. The van der Waals surface area contributed by atoms with Gasteiger partial charge >= 0.3 is 5.97 Å². The van der Waals surface area contributed by atoms with Crippen molar-refractivity contribution in [1.29, 1.82) is 0 Å². The van der Waals surface area contributed by atoms with E-state index in [4.69, 9.17) is 9.84 Å². The predicted octanol–water partition coefficient (Wildman–Crippen LogP) is 1.94. The van der Waals surface area contributed by atoms with E-state index in [9.17, 15) is 9.59 Å². The number of hydrogen-bond acceptors (Lipinski definition) is 3. The van der Waals surface area contributed by atoms with Gasteiger partial charge in [0.1, 0.15) is 16.9 Å². The molecule has 0 aliphatic carbocycles. The number of H-pyrrole nitrogens is 1. The van der Waals surface area contributed by atoms with Crippen molar-refractivity contribution in [3.05, 3.63) is 39.7 Å². The zero-order chi connectivity index (χ0) is 13.8. The second-order valence-corrected chi connectivity index (χ2v) is 5.38. The summed E-state index contributed by atoms with van der Waals surface area (Å²) >= 11 is 0. The number of carboxylic acids is 1. The fourth-order valence-electron chi connectivity index (χ4n) is 2.48. The van der Waals surface area contributed by atoms with Gasteiger partial charge in [-0.2, -0.15) is 0 Å². The molecule has 2 N–H and O–H groups in total. The number of pyridine rings is 1. The van der Waals surface area contributed by atoms with Gasteiger partial charge in [-0.25, -0.2) is 4.79 Å². The molecule has 2 aromatic rings. The first-order chi connectivity index (χ1) is 8.87. The molecule has 0 unspecified atom stereocenters. The van der Waals surface area contributed by atoms with Crippen LogP contribution < -0.4 is 10.2 Å². The third-order valence-electron chi connectivity index (χ3n) is 3.29. The second kappa shape index (κ2) is 3.60. The minimum Gasteiger partial charge on any atom is -0.487 e. The highest BCUT2D eigenvalue weighted by molar-refractivity contribution is 5.93. The van der Waals surface area contributed by atoms with Crippen molar-refractivity contribution in [3.8, 4) is 5.75 Å². The first kappa shape index (κ1) is 11.8. The molecule has 2 heterocycles. The predicted molar refractivity (Wildman–Crippen MR) is 69.9 cm³/mol. The number of carbonyl (C=O) groups is 1. The maximum absolute atomic E-state index is 12.1. The van der Waals surface area contributed by atoms with Crippen molar-refractivity contribution < 1.29 is 14.6 Å². The summed E-state index contributed by atoms with van der Waals surface area (Å²) in [6, 6.07) is 3.48. The summed E-state index contributed by atoms with van der Waals surface area (Å²) in [6.07, 6.45) is 2.00. The number of benzene rings is 1. The second-order valence-electron chi connectivity index (χ2n) is 5.38. The van der Waals surface area contributed by atoms with E-state index in [0.717, 1.165) is 12.0 Å². The lowest BCUT2D eigenvalue weighted by Crippen LogP contribution is -2.24. The third-order valence-corrected chi connectivity index (χ3v) is 3.29. The number of aromatic amines is 1. The number of fused-ring (bicyclic) bond motifs is 2. The zero-order valence-corrected chi connectivity index (χ0v) is 10.6. The van der Waals surface area contributed by atoms with Gasteiger partial charge in [0, 0.05) is 23.7 Å². The molecule has 1 aromatic heterocycles. The molecule has 0 radical (unpaired) electrons. The maximum Gasteiger partial charge on any atom is 0.341 e. The van der Waals surface area contributed by atoms with Crippen molar-refractivity contribution in [2.24, 2.45) is 0 Å². The van der Waals surface area contributed by atoms with Crippen LogP contribution in [0.3, 0.4) is 0 Å². The maximum atomic E-state index is 12.1. The van der Waals surface area contributed by atoms with E-state index < -0.39 is 11.4 Å². The van der Waals surface area contributed by atoms with Crippen LogP contribution >= 0.6 is 0 Å². The molecule has 1 aromatic carbocycles. The minimum absolute atomic E-state index is 0.260. The number of aromatic carboxylic acids is 1. The molecule has 98 valence electrons. The highest BCUT2D eigenvalue weighted by atomic mass is 16.5. The monoisotopic (exact) mass is 259 g/mol. The molecule has 0 bridgehead atoms.